The van der Waals surface area contributed by atoms with E-state index in [-0.39, 0.29) is 0 Å². The van der Waals surface area contributed by atoms with Crippen molar-refractivity contribution >= 4 is 0 Å². The van der Waals surface area contributed by atoms with E-state index in [1.165, 1.54) is 0 Å². The summed E-state index contributed by atoms with van der Waals surface area (Å²) in [6, 6.07) is 0.565. The van der Waals surface area contributed by atoms with Crippen molar-refractivity contribution in [3.8, 4) is 0 Å². The molecule has 86 valence electrons. The Hall–Kier alpha value is -0.870. The van der Waals surface area contributed by atoms with Gasteiger partial charge in [0.25, 0.3) is 0 Å². The zero-order chi connectivity index (χ0) is 11.3. The van der Waals surface area contributed by atoms with Gasteiger partial charge in [0.1, 0.15) is 5.82 Å². The van der Waals surface area contributed by atoms with Gasteiger partial charge >= 0.3 is 0 Å². The van der Waals surface area contributed by atoms with Crippen LogP contribution in [-0.4, -0.2) is 41.1 Å². The summed E-state index contributed by atoms with van der Waals surface area (Å²) >= 11 is 0. The third kappa shape index (κ3) is 3.64. The molecule has 0 aliphatic carbocycles. The average Bonchev–Trinajstić information content (AvgIpc) is 2.61. The topological polar surface area (TPSA) is 33.1 Å². The van der Waals surface area contributed by atoms with Gasteiger partial charge in [-0.1, -0.05) is 6.92 Å². The smallest absolute Gasteiger partial charge is 0.122 e. The van der Waals surface area contributed by atoms with E-state index < -0.39 is 0 Å². The number of likely N-dealkylation sites (N-methyl/N-ethyl adjacent to an activating group) is 2. The van der Waals surface area contributed by atoms with Gasteiger partial charge in [0.05, 0.1) is 6.54 Å². The minimum absolute atomic E-state index is 0.565. The maximum atomic E-state index is 4.32. The Bertz CT molecular complexity index is 278. The second-order valence-corrected chi connectivity index (χ2v) is 4.04. The van der Waals surface area contributed by atoms with Crippen molar-refractivity contribution in [2.24, 2.45) is 7.05 Å². The van der Waals surface area contributed by atoms with Crippen molar-refractivity contribution in [2.75, 3.05) is 20.6 Å². The normalized spacial score (nSPS) is 13.4. The first-order valence-electron chi connectivity index (χ1n) is 5.49. The van der Waals surface area contributed by atoms with Crippen LogP contribution in [0.15, 0.2) is 12.4 Å². The van der Waals surface area contributed by atoms with Crippen molar-refractivity contribution in [2.45, 2.75) is 25.9 Å². The number of aryl methyl sites for hydroxylation is 1. The molecule has 1 aromatic heterocycles. The van der Waals surface area contributed by atoms with Gasteiger partial charge in [0.2, 0.25) is 0 Å². The minimum Gasteiger partial charge on any atom is -0.337 e. The third-order valence-electron chi connectivity index (χ3n) is 2.77. The van der Waals surface area contributed by atoms with Gasteiger partial charge in [0.15, 0.2) is 0 Å². The van der Waals surface area contributed by atoms with Gasteiger partial charge in [-0.2, -0.15) is 0 Å². The summed E-state index contributed by atoms with van der Waals surface area (Å²) in [5.74, 6) is 1.11. The molecule has 0 aliphatic rings. The van der Waals surface area contributed by atoms with Crippen LogP contribution in [0.4, 0.5) is 0 Å². The van der Waals surface area contributed by atoms with Crippen molar-refractivity contribution in [3.63, 3.8) is 0 Å². The predicted octanol–water partition coefficient (Wildman–Crippen LogP) is 0.850. The molecule has 0 saturated carbocycles. The highest BCUT2D eigenvalue weighted by Gasteiger charge is 2.09. The lowest BCUT2D eigenvalue weighted by Gasteiger charge is -2.22. The monoisotopic (exact) mass is 210 g/mol. The van der Waals surface area contributed by atoms with E-state index in [1.807, 2.05) is 26.5 Å². The van der Waals surface area contributed by atoms with Crippen LogP contribution in [0.2, 0.25) is 0 Å². The average molecular weight is 210 g/mol. The fourth-order valence-corrected chi connectivity index (χ4v) is 1.66. The number of hydrogen-bond acceptors (Lipinski definition) is 3. The quantitative estimate of drug-likeness (QED) is 0.755. The van der Waals surface area contributed by atoms with Gasteiger partial charge < -0.3 is 9.88 Å². The lowest BCUT2D eigenvalue weighted by Crippen LogP contribution is -2.37. The Balaban J connectivity index is 2.42. The first-order valence-corrected chi connectivity index (χ1v) is 5.49. The van der Waals surface area contributed by atoms with Crippen LogP contribution >= 0.6 is 0 Å². The second-order valence-electron chi connectivity index (χ2n) is 4.04. The highest BCUT2D eigenvalue weighted by molar-refractivity contribution is 4.90. The minimum atomic E-state index is 0.565. The molecule has 0 aromatic carbocycles. The van der Waals surface area contributed by atoms with Gasteiger partial charge in [-0.15, -0.1) is 0 Å². The van der Waals surface area contributed by atoms with Crippen LogP contribution in [0.25, 0.3) is 0 Å². The van der Waals surface area contributed by atoms with E-state index in [9.17, 15) is 0 Å². The molecule has 0 bridgehead atoms. The molecular weight excluding hydrogens is 188 g/mol. The molecule has 1 unspecified atom stereocenters. The molecule has 1 rings (SSSR count). The first kappa shape index (κ1) is 12.2. The Morgan fingerprint density at radius 3 is 2.80 bits per heavy atom. The number of rotatable bonds is 6. The fourth-order valence-electron chi connectivity index (χ4n) is 1.66. The fraction of sp³-hybridized carbons (Fsp3) is 0.727. The number of nitrogens with zero attached hydrogens (tertiary/aromatic N) is 3. The van der Waals surface area contributed by atoms with Crippen LogP contribution in [0, 0.1) is 0 Å². The molecule has 0 radical (unpaired) electrons. The van der Waals surface area contributed by atoms with Gasteiger partial charge in [-0.05, 0) is 20.5 Å². The summed E-state index contributed by atoms with van der Waals surface area (Å²) in [6.45, 7) is 4.16. The second kappa shape index (κ2) is 5.88. The van der Waals surface area contributed by atoms with E-state index in [0.717, 1.165) is 25.3 Å². The van der Waals surface area contributed by atoms with Crippen molar-refractivity contribution in [3.05, 3.63) is 18.2 Å². The maximum Gasteiger partial charge on any atom is 0.122 e. The van der Waals surface area contributed by atoms with Crippen molar-refractivity contribution in [1.29, 1.82) is 0 Å². The first-order chi connectivity index (χ1) is 7.17. The SMILES string of the molecule is CCC(CN(C)Cc1nccn1C)NC. The molecule has 1 aromatic rings. The van der Waals surface area contributed by atoms with Gasteiger partial charge in [-0.25, -0.2) is 4.98 Å². The lowest BCUT2D eigenvalue weighted by atomic mass is 10.2. The molecule has 0 aliphatic heterocycles. The van der Waals surface area contributed by atoms with Crippen LogP contribution in [-0.2, 0) is 13.6 Å². The molecule has 0 saturated heterocycles. The Kier molecular flexibility index (Phi) is 4.78. The van der Waals surface area contributed by atoms with Crippen molar-refractivity contribution in [1.82, 2.24) is 19.8 Å². The number of imidazole rings is 1. The molecule has 1 heterocycles. The van der Waals surface area contributed by atoms with Crippen LogP contribution in [0.5, 0.6) is 0 Å². The van der Waals surface area contributed by atoms with Gasteiger partial charge in [0, 0.05) is 32.0 Å². The molecule has 1 N–H and O–H groups in total. The molecule has 0 amide bonds. The zero-order valence-corrected chi connectivity index (χ0v) is 10.2. The summed E-state index contributed by atoms with van der Waals surface area (Å²) in [5.41, 5.74) is 0. The van der Waals surface area contributed by atoms with Gasteiger partial charge in [-0.3, -0.25) is 4.90 Å². The summed E-state index contributed by atoms with van der Waals surface area (Å²) in [4.78, 5) is 6.61. The van der Waals surface area contributed by atoms with Crippen LogP contribution in [0.1, 0.15) is 19.2 Å². The number of hydrogen-bond donors (Lipinski definition) is 1. The summed E-state index contributed by atoms with van der Waals surface area (Å²) in [5, 5.41) is 3.31. The highest BCUT2D eigenvalue weighted by atomic mass is 15.2. The molecule has 0 spiro atoms. The predicted molar refractivity (Wildman–Crippen MR) is 62.7 cm³/mol. The molecule has 1 atom stereocenters. The van der Waals surface area contributed by atoms with E-state index in [0.29, 0.717) is 6.04 Å². The zero-order valence-electron chi connectivity index (χ0n) is 10.2. The highest BCUT2D eigenvalue weighted by Crippen LogP contribution is 2.01. The molecule has 15 heavy (non-hydrogen) atoms. The van der Waals surface area contributed by atoms with Crippen molar-refractivity contribution < 1.29 is 0 Å². The van der Waals surface area contributed by atoms with Crippen LogP contribution in [0.3, 0.4) is 0 Å². The largest absolute Gasteiger partial charge is 0.337 e. The molecular formula is C11H22N4. The van der Waals surface area contributed by atoms with E-state index in [4.69, 9.17) is 0 Å². The standard InChI is InChI=1S/C11H22N4/c1-5-10(12-2)8-14(3)9-11-13-6-7-15(11)4/h6-7,10,12H,5,8-9H2,1-4H3. The Morgan fingerprint density at radius 1 is 1.60 bits per heavy atom. The number of aromatic nitrogens is 2. The molecule has 0 fully saturated rings. The third-order valence-corrected chi connectivity index (χ3v) is 2.77. The summed E-state index contributed by atoms with van der Waals surface area (Å²) in [6.07, 6.45) is 4.98. The molecule has 4 heteroatoms. The molecule has 4 nitrogen and oxygen atoms in total. The summed E-state index contributed by atoms with van der Waals surface area (Å²) < 4.78 is 2.07. The maximum absolute atomic E-state index is 4.32. The van der Waals surface area contributed by atoms with Crippen LogP contribution < -0.4 is 5.32 Å². The van der Waals surface area contributed by atoms with E-state index in [2.05, 4.69) is 33.7 Å². The number of nitrogens with one attached hydrogen (secondary N) is 1. The Morgan fingerprint density at radius 2 is 2.33 bits per heavy atom. The van der Waals surface area contributed by atoms with E-state index in [1.54, 1.807) is 0 Å². The lowest BCUT2D eigenvalue weighted by molar-refractivity contribution is 0.275. The Labute approximate surface area is 92.3 Å². The van der Waals surface area contributed by atoms with E-state index >= 15 is 0 Å². The summed E-state index contributed by atoms with van der Waals surface area (Å²) in [7, 11) is 6.18.